The van der Waals surface area contributed by atoms with Crippen molar-refractivity contribution in [3.8, 4) is 5.75 Å². The minimum absolute atomic E-state index is 0.733. The maximum Gasteiger partial charge on any atom is 0.124 e. The second-order valence-corrected chi connectivity index (χ2v) is 4.31. The first-order valence-corrected chi connectivity index (χ1v) is 5.69. The Morgan fingerprint density at radius 3 is 2.75 bits per heavy atom. The van der Waals surface area contributed by atoms with Gasteiger partial charge in [-0.05, 0) is 26.2 Å². The van der Waals surface area contributed by atoms with Crippen molar-refractivity contribution in [2.75, 3.05) is 34.3 Å². The lowest BCUT2D eigenvalue weighted by molar-refractivity contribution is 0.392. The number of ether oxygens (including phenoxy) is 1. The second-order valence-electron chi connectivity index (χ2n) is 3.90. The number of nitrogens with zero attached hydrogens (tertiary/aromatic N) is 1. The minimum Gasteiger partial charge on any atom is -0.496 e. The minimum atomic E-state index is 0.733. The smallest absolute Gasteiger partial charge is 0.124 e. The molecule has 1 aromatic rings. The van der Waals surface area contributed by atoms with Gasteiger partial charge in [0.05, 0.1) is 7.11 Å². The van der Waals surface area contributed by atoms with Crippen molar-refractivity contribution in [3.63, 3.8) is 0 Å². The van der Waals surface area contributed by atoms with Gasteiger partial charge in [0.25, 0.3) is 0 Å². The molecule has 0 amide bonds. The third-order valence-corrected chi connectivity index (χ3v) is 2.69. The molecule has 0 aliphatic carbocycles. The first-order valence-electron chi connectivity index (χ1n) is 5.32. The average Bonchev–Trinajstić information content (AvgIpc) is 2.25. The molecular formula is C12H19ClN2O. The number of rotatable bonds is 6. The lowest BCUT2D eigenvalue weighted by Gasteiger charge is -2.13. The molecule has 0 spiro atoms. The Morgan fingerprint density at radius 1 is 1.38 bits per heavy atom. The van der Waals surface area contributed by atoms with Gasteiger partial charge in [0.2, 0.25) is 0 Å². The van der Waals surface area contributed by atoms with Gasteiger partial charge in [-0.15, -0.1) is 0 Å². The fourth-order valence-electron chi connectivity index (χ4n) is 1.42. The van der Waals surface area contributed by atoms with Crippen molar-refractivity contribution in [3.05, 3.63) is 28.8 Å². The van der Waals surface area contributed by atoms with E-state index in [2.05, 4.69) is 24.3 Å². The number of methoxy groups -OCH3 is 1. The zero-order valence-electron chi connectivity index (χ0n) is 10.1. The lowest BCUT2D eigenvalue weighted by Crippen LogP contribution is -2.26. The van der Waals surface area contributed by atoms with Gasteiger partial charge < -0.3 is 15.0 Å². The Bertz CT molecular complexity index is 329. The zero-order chi connectivity index (χ0) is 12.0. The molecule has 1 rings (SSSR count). The molecule has 0 unspecified atom stereocenters. The molecular weight excluding hydrogens is 224 g/mol. The van der Waals surface area contributed by atoms with Crippen LogP contribution in [0.15, 0.2) is 18.2 Å². The second kappa shape index (κ2) is 6.74. The summed E-state index contributed by atoms with van der Waals surface area (Å²) >= 11 is 6.12. The highest BCUT2D eigenvalue weighted by Crippen LogP contribution is 2.25. The van der Waals surface area contributed by atoms with Gasteiger partial charge in [0.1, 0.15) is 5.75 Å². The van der Waals surface area contributed by atoms with E-state index in [0.717, 1.165) is 36.0 Å². The summed E-state index contributed by atoms with van der Waals surface area (Å²) in [4.78, 5) is 2.14. The Labute approximate surface area is 102 Å². The van der Waals surface area contributed by atoms with E-state index in [1.54, 1.807) is 7.11 Å². The predicted octanol–water partition coefficient (Wildman–Crippen LogP) is 2.00. The fourth-order valence-corrected chi connectivity index (χ4v) is 1.65. The Morgan fingerprint density at radius 2 is 2.12 bits per heavy atom. The highest BCUT2D eigenvalue weighted by atomic mass is 35.5. The summed E-state index contributed by atoms with van der Waals surface area (Å²) in [5.41, 5.74) is 1.02. The van der Waals surface area contributed by atoms with Gasteiger partial charge >= 0.3 is 0 Å². The van der Waals surface area contributed by atoms with E-state index >= 15 is 0 Å². The van der Waals surface area contributed by atoms with Gasteiger partial charge in [0, 0.05) is 30.2 Å². The van der Waals surface area contributed by atoms with Crippen molar-refractivity contribution in [2.45, 2.75) is 6.54 Å². The molecule has 0 heterocycles. The van der Waals surface area contributed by atoms with Crippen LogP contribution in [0, 0.1) is 0 Å². The third kappa shape index (κ3) is 4.00. The Balaban J connectivity index is 2.52. The maximum absolute atomic E-state index is 6.12. The van der Waals surface area contributed by atoms with Gasteiger partial charge in [-0.1, -0.05) is 17.7 Å². The monoisotopic (exact) mass is 242 g/mol. The molecule has 4 heteroatoms. The van der Waals surface area contributed by atoms with Crippen LogP contribution in [0.25, 0.3) is 0 Å². The topological polar surface area (TPSA) is 24.5 Å². The van der Waals surface area contributed by atoms with Crippen LogP contribution >= 0.6 is 11.6 Å². The Kier molecular flexibility index (Phi) is 5.60. The standard InChI is InChI=1S/C12H19ClN2O/c1-15(2)8-7-14-9-10-11(13)5-4-6-12(10)16-3/h4-6,14H,7-9H2,1-3H3. The van der Waals surface area contributed by atoms with E-state index in [0.29, 0.717) is 0 Å². The van der Waals surface area contributed by atoms with Crippen LogP contribution in [0.3, 0.4) is 0 Å². The van der Waals surface area contributed by atoms with E-state index in [1.807, 2.05) is 18.2 Å². The van der Waals surface area contributed by atoms with E-state index in [9.17, 15) is 0 Å². The molecule has 1 N–H and O–H groups in total. The number of halogens is 1. The van der Waals surface area contributed by atoms with E-state index in [4.69, 9.17) is 16.3 Å². The van der Waals surface area contributed by atoms with Crippen molar-refractivity contribution < 1.29 is 4.74 Å². The largest absolute Gasteiger partial charge is 0.496 e. The summed E-state index contributed by atoms with van der Waals surface area (Å²) in [7, 11) is 5.77. The van der Waals surface area contributed by atoms with Crippen molar-refractivity contribution in [1.29, 1.82) is 0 Å². The van der Waals surface area contributed by atoms with Crippen molar-refractivity contribution >= 4 is 11.6 Å². The maximum atomic E-state index is 6.12. The van der Waals surface area contributed by atoms with Crippen molar-refractivity contribution in [1.82, 2.24) is 10.2 Å². The van der Waals surface area contributed by atoms with Crippen LogP contribution in [0.2, 0.25) is 5.02 Å². The number of benzene rings is 1. The molecule has 0 aliphatic rings. The highest BCUT2D eigenvalue weighted by Gasteiger charge is 2.06. The molecule has 90 valence electrons. The first kappa shape index (κ1) is 13.3. The summed E-state index contributed by atoms with van der Waals surface area (Å²) in [6.45, 7) is 2.67. The Hall–Kier alpha value is -0.770. The van der Waals surface area contributed by atoms with Crippen LogP contribution in [0.4, 0.5) is 0 Å². The quantitative estimate of drug-likeness (QED) is 0.773. The van der Waals surface area contributed by atoms with Gasteiger partial charge in [0.15, 0.2) is 0 Å². The van der Waals surface area contributed by atoms with Crippen LogP contribution in [0.1, 0.15) is 5.56 Å². The van der Waals surface area contributed by atoms with Crippen LogP contribution in [-0.2, 0) is 6.54 Å². The molecule has 0 bridgehead atoms. The van der Waals surface area contributed by atoms with Crippen molar-refractivity contribution in [2.24, 2.45) is 0 Å². The number of nitrogens with one attached hydrogen (secondary N) is 1. The molecule has 0 saturated carbocycles. The number of hydrogen-bond acceptors (Lipinski definition) is 3. The van der Waals surface area contributed by atoms with E-state index < -0.39 is 0 Å². The van der Waals surface area contributed by atoms with Gasteiger partial charge in [-0.3, -0.25) is 0 Å². The normalized spacial score (nSPS) is 10.8. The summed E-state index contributed by atoms with van der Waals surface area (Å²) in [6, 6.07) is 5.70. The molecule has 0 aliphatic heterocycles. The molecule has 0 saturated heterocycles. The molecule has 1 aromatic carbocycles. The predicted molar refractivity (Wildman–Crippen MR) is 68.3 cm³/mol. The highest BCUT2D eigenvalue weighted by molar-refractivity contribution is 6.31. The third-order valence-electron chi connectivity index (χ3n) is 2.33. The SMILES string of the molecule is COc1cccc(Cl)c1CNCCN(C)C. The lowest BCUT2D eigenvalue weighted by atomic mass is 10.2. The van der Waals surface area contributed by atoms with E-state index in [1.165, 1.54) is 0 Å². The average molecular weight is 243 g/mol. The molecule has 16 heavy (non-hydrogen) atoms. The number of hydrogen-bond donors (Lipinski definition) is 1. The molecule has 0 atom stereocenters. The summed E-state index contributed by atoms with van der Waals surface area (Å²) in [5.74, 6) is 0.838. The fraction of sp³-hybridized carbons (Fsp3) is 0.500. The molecule has 3 nitrogen and oxygen atoms in total. The summed E-state index contributed by atoms with van der Waals surface area (Å²) in [5, 5.41) is 4.09. The first-order chi connectivity index (χ1) is 7.65. The van der Waals surface area contributed by atoms with E-state index in [-0.39, 0.29) is 0 Å². The molecule has 0 radical (unpaired) electrons. The summed E-state index contributed by atoms with van der Waals surface area (Å²) < 4.78 is 5.27. The van der Waals surface area contributed by atoms with Gasteiger partial charge in [-0.25, -0.2) is 0 Å². The zero-order valence-corrected chi connectivity index (χ0v) is 10.8. The van der Waals surface area contributed by atoms with Gasteiger partial charge in [-0.2, -0.15) is 0 Å². The molecule has 0 aromatic heterocycles. The molecule has 0 fully saturated rings. The summed E-state index contributed by atoms with van der Waals surface area (Å²) in [6.07, 6.45) is 0. The number of likely N-dealkylation sites (N-methyl/N-ethyl adjacent to an activating group) is 1. The van der Waals surface area contributed by atoms with Crippen LogP contribution < -0.4 is 10.1 Å². The van der Waals surface area contributed by atoms with Crippen LogP contribution in [-0.4, -0.2) is 39.2 Å². The van der Waals surface area contributed by atoms with Crippen LogP contribution in [0.5, 0.6) is 5.75 Å².